The first-order valence-corrected chi connectivity index (χ1v) is 8.17. The maximum Gasteiger partial charge on any atom is 0.254 e. The van der Waals surface area contributed by atoms with Gasteiger partial charge >= 0.3 is 0 Å². The fourth-order valence-corrected chi connectivity index (χ4v) is 3.96. The summed E-state index contributed by atoms with van der Waals surface area (Å²) in [6.45, 7) is 3.50. The van der Waals surface area contributed by atoms with Crippen molar-refractivity contribution in [3.05, 3.63) is 34.9 Å². The highest BCUT2D eigenvalue weighted by Gasteiger charge is 2.50. The summed E-state index contributed by atoms with van der Waals surface area (Å²) in [5, 5.41) is 0.607. The van der Waals surface area contributed by atoms with Crippen LogP contribution in [0.5, 0.6) is 0 Å². The molecule has 0 aliphatic carbocycles. The topological polar surface area (TPSA) is 32.8 Å². The number of likely N-dealkylation sites (N-methyl/N-ethyl adjacent to an activating group) is 1. The normalized spacial score (nSPS) is 24.3. The van der Waals surface area contributed by atoms with Gasteiger partial charge in [0.05, 0.1) is 5.54 Å². The van der Waals surface area contributed by atoms with Gasteiger partial charge < -0.3 is 9.64 Å². The van der Waals surface area contributed by atoms with E-state index in [1.807, 2.05) is 17.0 Å². The van der Waals surface area contributed by atoms with Crippen molar-refractivity contribution < 1.29 is 9.53 Å². The minimum Gasteiger partial charge on any atom is -0.384 e. The third kappa shape index (κ3) is 2.87. The molecule has 1 atom stereocenters. The van der Waals surface area contributed by atoms with Crippen LogP contribution in [0.1, 0.15) is 23.2 Å². The predicted molar refractivity (Wildman–Crippen MR) is 87.3 cm³/mol. The van der Waals surface area contributed by atoms with Crippen molar-refractivity contribution in [2.75, 3.05) is 40.4 Å². The third-order valence-corrected chi connectivity index (χ3v) is 5.32. The van der Waals surface area contributed by atoms with Crippen molar-refractivity contribution in [1.82, 2.24) is 9.80 Å². The van der Waals surface area contributed by atoms with E-state index in [0.29, 0.717) is 16.5 Å². The lowest BCUT2D eigenvalue weighted by Crippen LogP contribution is -2.72. The zero-order valence-electron chi connectivity index (χ0n) is 13.2. The quantitative estimate of drug-likeness (QED) is 0.857. The number of nitrogens with zero attached hydrogens (tertiary/aromatic N) is 2. The van der Waals surface area contributed by atoms with Gasteiger partial charge in [-0.1, -0.05) is 17.7 Å². The molecule has 2 saturated heterocycles. The highest BCUT2D eigenvalue weighted by Crippen LogP contribution is 2.38. The van der Waals surface area contributed by atoms with Gasteiger partial charge in [-0.05, 0) is 50.6 Å². The number of rotatable bonds is 3. The Morgan fingerprint density at radius 1 is 1.45 bits per heavy atom. The lowest BCUT2D eigenvalue weighted by atomic mass is 9.75. The van der Waals surface area contributed by atoms with Crippen LogP contribution in [-0.4, -0.2) is 61.6 Å². The molecular formula is C17H23ClN2O2. The average Bonchev–Trinajstić information content (AvgIpc) is 2.46. The molecule has 5 heteroatoms. The molecule has 2 fully saturated rings. The summed E-state index contributed by atoms with van der Waals surface area (Å²) in [5.74, 6) is 0.681. The summed E-state index contributed by atoms with van der Waals surface area (Å²) in [6.07, 6.45) is 2.28. The largest absolute Gasteiger partial charge is 0.384 e. The molecule has 2 heterocycles. The lowest BCUT2D eigenvalue weighted by Gasteiger charge is -2.58. The van der Waals surface area contributed by atoms with E-state index >= 15 is 0 Å². The lowest BCUT2D eigenvalue weighted by molar-refractivity contribution is -0.0731. The molecule has 1 amide bonds. The van der Waals surface area contributed by atoms with Crippen LogP contribution in [0.4, 0.5) is 0 Å². The van der Waals surface area contributed by atoms with Gasteiger partial charge in [0.15, 0.2) is 0 Å². The van der Waals surface area contributed by atoms with Crippen LogP contribution in [0.3, 0.4) is 0 Å². The summed E-state index contributed by atoms with van der Waals surface area (Å²) in [6, 6.07) is 7.19. The zero-order valence-corrected chi connectivity index (χ0v) is 14.0. The Kier molecular flexibility index (Phi) is 4.44. The molecule has 0 saturated carbocycles. The number of amides is 1. The molecule has 1 aromatic rings. The van der Waals surface area contributed by atoms with Gasteiger partial charge in [-0.3, -0.25) is 9.69 Å². The first-order valence-electron chi connectivity index (χ1n) is 7.79. The van der Waals surface area contributed by atoms with Crippen molar-refractivity contribution >= 4 is 17.5 Å². The number of hydrogen-bond donors (Lipinski definition) is 0. The van der Waals surface area contributed by atoms with Crippen LogP contribution in [0.15, 0.2) is 24.3 Å². The maximum absolute atomic E-state index is 12.5. The van der Waals surface area contributed by atoms with E-state index in [0.717, 1.165) is 32.7 Å². The van der Waals surface area contributed by atoms with Gasteiger partial charge in [0.1, 0.15) is 0 Å². The van der Waals surface area contributed by atoms with E-state index in [4.69, 9.17) is 16.3 Å². The van der Waals surface area contributed by atoms with Crippen LogP contribution in [0.25, 0.3) is 0 Å². The molecule has 1 unspecified atom stereocenters. The third-order valence-electron chi connectivity index (χ3n) is 5.08. The van der Waals surface area contributed by atoms with Gasteiger partial charge in [0, 0.05) is 37.4 Å². The standard InChI is InChI=1S/C17H23ClN2O2/c1-19-7-6-13(10-22-2)9-17(19)11-20(12-17)16(21)14-4-3-5-15(18)8-14/h3-5,8,13H,6-7,9-12H2,1-2H3. The van der Waals surface area contributed by atoms with E-state index in [1.54, 1.807) is 19.2 Å². The second-order valence-corrected chi connectivity index (χ2v) is 7.07. The number of carbonyl (C=O) groups excluding carboxylic acids is 1. The second kappa shape index (κ2) is 6.19. The highest BCUT2D eigenvalue weighted by molar-refractivity contribution is 6.30. The van der Waals surface area contributed by atoms with E-state index in [9.17, 15) is 4.79 Å². The molecule has 1 aromatic carbocycles. The predicted octanol–water partition coefficient (Wildman–Crippen LogP) is 2.52. The fraction of sp³-hybridized carbons (Fsp3) is 0.588. The number of hydrogen-bond acceptors (Lipinski definition) is 3. The van der Waals surface area contributed by atoms with Gasteiger partial charge in [-0.15, -0.1) is 0 Å². The monoisotopic (exact) mass is 322 g/mol. The minimum absolute atomic E-state index is 0.0791. The van der Waals surface area contributed by atoms with Crippen molar-refractivity contribution in [1.29, 1.82) is 0 Å². The summed E-state index contributed by atoms with van der Waals surface area (Å²) in [7, 11) is 3.94. The van der Waals surface area contributed by atoms with Gasteiger partial charge in [0.2, 0.25) is 0 Å². The van der Waals surface area contributed by atoms with Crippen LogP contribution in [0.2, 0.25) is 5.02 Å². The van der Waals surface area contributed by atoms with Crippen molar-refractivity contribution in [2.24, 2.45) is 5.92 Å². The summed E-state index contributed by atoms with van der Waals surface area (Å²) >= 11 is 5.98. The zero-order chi connectivity index (χ0) is 15.7. The molecule has 0 bridgehead atoms. The van der Waals surface area contributed by atoms with Crippen molar-refractivity contribution in [3.63, 3.8) is 0 Å². The minimum atomic E-state index is 0.0791. The molecule has 0 radical (unpaired) electrons. The van der Waals surface area contributed by atoms with Crippen molar-refractivity contribution in [2.45, 2.75) is 18.4 Å². The number of piperidine rings is 1. The molecule has 2 aliphatic heterocycles. The van der Waals surface area contributed by atoms with E-state index < -0.39 is 0 Å². The number of methoxy groups -OCH3 is 1. The number of carbonyl (C=O) groups is 1. The summed E-state index contributed by atoms with van der Waals surface area (Å²) in [5.41, 5.74) is 0.810. The van der Waals surface area contributed by atoms with Gasteiger partial charge in [-0.2, -0.15) is 0 Å². The average molecular weight is 323 g/mol. The van der Waals surface area contributed by atoms with Crippen LogP contribution in [0, 0.1) is 5.92 Å². The molecule has 0 N–H and O–H groups in total. The Balaban J connectivity index is 1.65. The van der Waals surface area contributed by atoms with Crippen LogP contribution < -0.4 is 0 Å². The Hall–Kier alpha value is -1.10. The van der Waals surface area contributed by atoms with Crippen molar-refractivity contribution in [3.8, 4) is 0 Å². The smallest absolute Gasteiger partial charge is 0.254 e. The molecular weight excluding hydrogens is 300 g/mol. The maximum atomic E-state index is 12.5. The second-order valence-electron chi connectivity index (χ2n) is 6.63. The molecule has 120 valence electrons. The first-order chi connectivity index (χ1) is 10.5. The fourth-order valence-electron chi connectivity index (χ4n) is 3.77. The number of benzene rings is 1. The molecule has 2 aliphatic rings. The number of ether oxygens (including phenoxy) is 1. The number of likely N-dealkylation sites (tertiary alicyclic amines) is 2. The van der Waals surface area contributed by atoms with Gasteiger partial charge in [-0.25, -0.2) is 0 Å². The van der Waals surface area contributed by atoms with E-state index in [1.165, 1.54) is 6.42 Å². The Morgan fingerprint density at radius 2 is 2.23 bits per heavy atom. The Labute approximate surface area is 137 Å². The van der Waals surface area contributed by atoms with E-state index in [2.05, 4.69) is 11.9 Å². The summed E-state index contributed by atoms with van der Waals surface area (Å²) in [4.78, 5) is 16.9. The molecule has 22 heavy (non-hydrogen) atoms. The van der Waals surface area contributed by atoms with E-state index in [-0.39, 0.29) is 11.4 Å². The van der Waals surface area contributed by atoms with Crippen LogP contribution in [-0.2, 0) is 4.74 Å². The van der Waals surface area contributed by atoms with Crippen LogP contribution >= 0.6 is 11.6 Å². The van der Waals surface area contributed by atoms with Gasteiger partial charge in [0.25, 0.3) is 5.91 Å². The molecule has 4 nitrogen and oxygen atoms in total. The Bertz CT molecular complexity index is 557. The number of halogens is 1. The molecule has 1 spiro atoms. The first kappa shape index (κ1) is 15.8. The Morgan fingerprint density at radius 3 is 2.91 bits per heavy atom. The molecule has 3 rings (SSSR count). The molecule has 0 aromatic heterocycles. The summed E-state index contributed by atoms with van der Waals surface area (Å²) < 4.78 is 5.32. The highest BCUT2D eigenvalue weighted by atomic mass is 35.5. The SMILES string of the molecule is COCC1CCN(C)C2(C1)CN(C(=O)c1cccc(Cl)c1)C2.